The number of nitrogens with one attached hydrogen (secondary N) is 1. The zero-order valence-electron chi connectivity index (χ0n) is 13.2. The van der Waals surface area contributed by atoms with Gasteiger partial charge >= 0.3 is 5.97 Å². The number of carboxylic acids is 1. The number of hydrogen-bond donors (Lipinski definition) is 2. The molecule has 1 aromatic rings. The second-order valence-corrected chi connectivity index (χ2v) is 6.41. The van der Waals surface area contributed by atoms with Gasteiger partial charge in [-0.1, -0.05) is 0 Å². The third-order valence-corrected chi connectivity index (χ3v) is 4.58. The van der Waals surface area contributed by atoms with Gasteiger partial charge in [0.2, 0.25) is 0 Å². The minimum atomic E-state index is -0.873. The SMILES string of the molecule is CC1=NN(c2ccc(C(=O)NC3(CC(=O)O)CCC3)cc2)CC1. The molecule has 3 rings (SSSR count). The van der Waals surface area contributed by atoms with Gasteiger partial charge < -0.3 is 10.4 Å². The fourth-order valence-corrected chi connectivity index (χ4v) is 3.10. The minimum absolute atomic E-state index is 0.0153. The van der Waals surface area contributed by atoms with Crippen LogP contribution in [0.15, 0.2) is 29.4 Å². The maximum atomic E-state index is 12.4. The Kier molecular flexibility index (Phi) is 4.07. The van der Waals surface area contributed by atoms with Crippen molar-refractivity contribution in [2.45, 2.75) is 44.6 Å². The van der Waals surface area contributed by atoms with Gasteiger partial charge in [-0.05, 0) is 50.5 Å². The molecule has 0 bridgehead atoms. The highest BCUT2D eigenvalue weighted by Crippen LogP contribution is 2.35. The Morgan fingerprint density at radius 3 is 2.48 bits per heavy atom. The lowest BCUT2D eigenvalue weighted by atomic mass is 9.74. The van der Waals surface area contributed by atoms with E-state index >= 15 is 0 Å². The van der Waals surface area contributed by atoms with E-state index in [1.54, 1.807) is 12.1 Å². The zero-order chi connectivity index (χ0) is 16.4. The fourth-order valence-electron chi connectivity index (χ4n) is 3.10. The van der Waals surface area contributed by atoms with Crippen molar-refractivity contribution in [3.05, 3.63) is 29.8 Å². The Bertz CT molecular complexity index is 648. The van der Waals surface area contributed by atoms with Gasteiger partial charge in [0.05, 0.1) is 17.6 Å². The predicted molar refractivity (Wildman–Crippen MR) is 87.8 cm³/mol. The molecule has 1 aliphatic carbocycles. The van der Waals surface area contributed by atoms with Gasteiger partial charge in [0.15, 0.2) is 0 Å². The largest absolute Gasteiger partial charge is 0.481 e. The quantitative estimate of drug-likeness (QED) is 0.874. The summed E-state index contributed by atoms with van der Waals surface area (Å²) in [7, 11) is 0. The van der Waals surface area contributed by atoms with Crippen LogP contribution in [0.5, 0.6) is 0 Å². The molecule has 6 heteroatoms. The lowest BCUT2D eigenvalue weighted by Gasteiger charge is -2.41. The van der Waals surface area contributed by atoms with E-state index in [9.17, 15) is 9.59 Å². The van der Waals surface area contributed by atoms with E-state index in [0.717, 1.165) is 43.6 Å². The van der Waals surface area contributed by atoms with Crippen LogP contribution >= 0.6 is 0 Å². The Morgan fingerprint density at radius 2 is 2.00 bits per heavy atom. The molecule has 0 atom stereocenters. The molecule has 23 heavy (non-hydrogen) atoms. The first-order chi connectivity index (χ1) is 11.0. The summed E-state index contributed by atoms with van der Waals surface area (Å²) in [6.07, 6.45) is 3.35. The highest BCUT2D eigenvalue weighted by molar-refractivity contribution is 5.95. The number of amides is 1. The van der Waals surface area contributed by atoms with Crippen LogP contribution in [0.2, 0.25) is 0 Å². The summed E-state index contributed by atoms with van der Waals surface area (Å²) >= 11 is 0. The number of hydrazone groups is 1. The van der Waals surface area contributed by atoms with Gasteiger partial charge in [-0.15, -0.1) is 0 Å². The van der Waals surface area contributed by atoms with Crippen LogP contribution in [-0.4, -0.2) is 34.8 Å². The van der Waals surface area contributed by atoms with Crippen molar-refractivity contribution < 1.29 is 14.7 Å². The molecular formula is C17H21N3O3. The van der Waals surface area contributed by atoms with Gasteiger partial charge in [-0.2, -0.15) is 5.10 Å². The van der Waals surface area contributed by atoms with Crippen LogP contribution in [0.1, 0.15) is 49.4 Å². The third-order valence-electron chi connectivity index (χ3n) is 4.58. The summed E-state index contributed by atoms with van der Waals surface area (Å²) < 4.78 is 0. The van der Waals surface area contributed by atoms with E-state index in [4.69, 9.17) is 5.11 Å². The molecule has 0 radical (unpaired) electrons. The number of rotatable bonds is 5. The average molecular weight is 315 g/mol. The van der Waals surface area contributed by atoms with Crippen molar-refractivity contribution in [2.75, 3.05) is 11.6 Å². The molecule has 1 fully saturated rings. The number of nitrogens with zero attached hydrogens (tertiary/aromatic N) is 2. The highest BCUT2D eigenvalue weighted by Gasteiger charge is 2.40. The van der Waals surface area contributed by atoms with Gasteiger partial charge in [-0.3, -0.25) is 14.6 Å². The van der Waals surface area contributed by atoms with Gasteiger partial charge in [0.1, 0.15) is 0 Å². The summed E-state index contributed by atoms with van der Waals surface area (Å²) in [5.41, 5.74) is 2.04. The zero-order valence-corrected chi connectivity index (χ0v) is 13.2. The maximum absolute atomic E-state index is 12.4. The number of benzene rings is 1. The molecule has 0 saturated heterocycles. The van der Waals surface area contributed by atoms with Crippen LogP contribution in [0.3, 0.4) is 0 Å². The van der Waals surface area contributed by atoms with Crippen LogP contribution in [0, 0.1) is 0 Å². The molecule has 0 spiro atoms. The normalized spacial score (nSPS) is 19.0. The second kappa shape index (κ2) is 6.02. The Morgan fingerprint density at radius 1 is 1.30 bits per heavy atom. The summed E-state index contributed by atoms with van der Waals surface area (Å²) in [4.78, 5) is 23.3. The monoisotopic (exact) mass is 315 g/mol. The second-order valence-electron chi connectivity index (χ2n) is 6.41. The molecule has 1 aromatic carbocycles. The number of carboxylic acid groups (broad SMARTS) is 1. The van der Waals surface area contributed by atoms with Crippen molar-refractivity contribution in [1.29, 1.82) is 0 Å². The van der Waals surface area contributed by atoms with E-state index in [1.165, 1.54) is 0 Å². The van der Waals surface area contributed by atoms with Gasteiger partial charge in [0.25, 0.3) is 5.91 Å². The number of carbonyl (C=O) groups excluding carboxylic acids is 1. The van der Waals surface area contributed by atoms with Crippen LogP contribution in [0.25, 0.3) is 0 Å². The van der Waals surface area contributed by atoms with Crippen LogP contribution in [-0.2, 0) is 4.79 Å². The van der Waals surface area contributed by atoms with Crippen LogP contribution in [0.4, 0.5) is 5.69 Å². The third kappa shape index (κ3) is 3.36. The number of carbonyl (C=O) groups is 2. The summed E-state index contributed by atoms with van der Waals surface area (Å²) in [6.45, 7) is 2.86. The molecule has 1 aliphatic heterocycles. The summed E-state index contributed by atoms with van der Waals surface area (Å²) in [5.74, 6) is -1.08. The summed E-state index contributed by atoms with van der Waals surface area (Å²) in [6, 6.07) is 7.28. The smallest absolute Gasteiger partial charge is 0.305 e. The Labute approximate surface area is 135 Å². The predicted octanol–water partition coefficient (Wildman–Crippen LogP) is 2.40. The van der Waals surface area contributed by atoms with Crippen molar-refractivity contribution in [2.24, 2.45) is 5.10 Å². The number of hydrogen-bond acceptors (Lipinski definition) is 4. The first-order valence-corrected chi connectivity index (χ1v) is 7.93. The Balaban J connectivity index is 1.67. The molecule has 0 aromatic heterocycles. The molecule has 2 N–H and O–H groups in total. The Hall–Kier alpha value is -2.37. The summed E-state index contributed by atoms with van der Waals surface area (Å²) in [5, 5.41) is 18.3. The van der Waals surface area contributed by atoms with Crippen molar-refractivity contribution >= 4 is 23.3 Å². The van der Waals surface area contributed by atoms with Crippen molar-refractivity contribution in [3.8, 4) is 0 Å². The number of aliphatic carboxylic acids is 1. The van der Waals surface area contributed by atoms with E-state index in [0.29, 0.717) is 5.56 Å². The maximum Gasteiger partial charge on any atom is 0.305 e. The molecule has 6 nitrogen and oxygen atoms in total. The molecule has 122 valence electrons. The first kappa shape index (κ1) is 15.5. The molecule has 1 amide bonds. The van der Waals surface area contributed by atoms with Crippen molar-refractivity contribution in [3.63, 3.8) is 0 Å². The van der Waals surface area contributed by atoms with E-state index in [1.807, 2.05) is 24.1 Å². The first-order valence-electron chi connectivity index (χ1n) is 7.93. The van der Waals surface area contributed by atoms with E-state index in [2.05, 4.69) is 10.4 Å². The molecule has 2 aliphatic rings. The lowest BCUT2D eigenvalue weighted by molar-refractivity contribution is -0.139. The molecule has 1 saturated carbocycles. The van der Waals surface area contributed by atoms with E-state index < -0.39 is 11.5 Å². The fraction of sp³-hybridized carbons (Fsp3) is 0.471. The van der Waals surface area contributed by atoms with Gasteiger partial charge in [-0.25, -0.2) is 0 Å². The topological polar surface area (TPSA) is 82.0 Å². The lowest BCUT2D eigenvalue weighted by Crippen LogP contribution is -2.54. The van der Waals surface area contributed by atoms with Crippen molar-refractivity contribution in [1.82, 2.24) is 5.32 Å². The average Bonchev–Trinajstić information content (AvgIpc) is 2.91. The molecular weight excluding hydrogens is 294 g/mol. The standard InChI is InChI=1S/C17H21N3O3/c1-12-7-10-20(19-12)14-5-3-13(4-6-14)16(23)18-17(8-2-9-17)11-15(21)22/h3-6H,2,7-11H2,1H3,(H,18,23)(H,21,22). The van der Waals surface area contributed by atoms with Gasteiger partial charge in [0, 0.05) is 24.2 Å². The minimum Gasteiger partial charge on any atom is -0.481 e. The van der Waals surface area contributed by atoms with E-state index in [-0.39, 0.29) is 12.3 Å². The van der Waals surface area contributed by atoms with Crippen LogP contribution < -0.4 is 10.3 Å². The molecule has 0 unspecified atom stereocenters. The highest BCUT2D eigenvalue weighted by atomic mass is 16.4. The molecule has 1 heterocycles. The number of anilines is 1.